The van der Waals surface area contributed by atoms with Crippen molar-refractivity contribution in [1.82, 2.24) is 10.6 Å². The van der Waals surface area contributed by atoms with Crippen molar-refractivity contribution in [3.8, 4) is 11.5 Å². The fourth-order valence-electron chi connectivity index (χ4n) is 2.98. The van der Waals surface area contributed by atoms with Crippen LogP contribution in [-0.2, 0) is 14.3 Å². The fourth-order valence-corrected chi connectivity index (χ4v) is 2.98. The van der Waals surface area contributed by atoms with Crippen LogP contribution in [0.25, 0.3) is 0 Å². The third-order valence-electron chi connectivity index (χ3n) is 4.64. The smallest absolute Gasteiger partial charge is 0.329 e. The maximum absolute atomic E-state index is 12.4. The molecule has 0 aliphatic carbocycles. The molecule has 3 N–H and O–H groups in total. The number of ether oxygens (including phenoxy) is 3. The highest BCUT2D eigenvalue weighted by atomic mass is 16.6. The van der Waals surface area contributed by atoms with Crippen LogP contribution < -0.4 is 25.4 Å². The van der Waals surface area contributed by atoms with E-state index >= 15 is 0 Å². The van der Waals surface area contributed by atoms with Gasteiger partial charge in [0.1, 0.15) is 19.3 Å². The minimum atomic E-state index is -0.961. The Morgan fingerprint density at radius 2 is 1.67 bits per heavy atom. The Balaban J connectivity index is 1.47. The molecule has 10 heteroatoms. The second-order valence-electron chi connectivity index (χ2n) is 7.53. The first-order valence-electron chi connectivity index (χ1n) is 10.4. The van der Waals surface area contributed by atoms with E-state index in [0.717, 1.165) is 0 Å². The molecule has 4 amide bonds. The molecule has 1 aliphatic heterocycles. The number of benzene rings is 2. The minimum Gasteiger partial charge on any atom is -0.486 e. The van der Waals surface area contributed by atoms with E-state index in [4.69, 9.17) is 14.2 Å². The highest BCUT2D eigenvalue weighted by Gasteiger charge is 2.27. The molecular weight excluding hydrogens is 430 g/mol. The zero-order valence-corrected chi connectivity index (χ0v) is 18.3. The molecule has 1 aliphatic rings. The second-order valence-corrected chi connectivity index (χ2v) is 7.53. The molecule has 0 spiro atoms. The summed E-state index contributed by atoms with van der Waals surface area (Å²) in [5.41, 5.74) is 0.787. The van der Waals surface area contributed by atoms with Crippen LogP contribution in [0.4, 0.5) is 10.5 Å². The summed E-state index contributed by atoms with van der Waals surface area (Å²) < 4.78 is 15.9. The van der Waals surface area contributed by atoms with E-state index in [1.54, 1.807) is 62.4 Å². The number of amides is 4. The molecule has 33 heavy (non-hydrogen) atoms. The largest absolute Gasteiger partial charge is 0.486 e. The van der Waals surface area contributed by atoms with Crippen LogP contribution in [0.1, 0.15) is 24.2 Å². The second kappa shape index (κ2) is 11.0. The summed E-state index contributed by atoms with van der Waals surface area (Å²) in [7, 11) is 0. The first-order chi connectivity index (χ1) is 15.8. The van der Waals surface area contributed by atoms with E-state index in [-0.39, 0.29) is 5.92 Å². The van der Waals surface area contributed by atoms with E-state index in [1.165, 1.54) is 0 Å². The molecule has 174 valence electrons. The number of rotatable bonds is 7. The third-order valence-corrected chi connectivity index (χ3v) is 4.64. The van der Waals surface area contributed by atoms with Crippen LogP contribution in [-0.4, -0.2) is 49.7 Å². The van der Waals surface area contributed by atoms with E-state index in [1.807, 2.05) is 0 Å². The van der Waals surface area contributed by atoms with E-state index in [0.29, 0.717) is 36.0 Å². The normalized spacial score (nSPS) is 12.9. The zero-order valence-electron chi connectivity index (χ0n) is 18.3. The summed E-state index contributed by atoms with van der Waals surface area (Å²) in [5.74, 6) is -1.28. The van der Waals surface area contributed by atoms with Crippen molar-refractivity contribution >= 4 is 29.5 Å². The van der Waals surface area contributed by atoms with Crippen LogP contribution in [0.5, 0.6) is 11.5 Å². The van der Waals surface area contributed by atoms with Gasteiger partial charge in [0, 0.05) is 17.3 Å². The van der Waals surface area contributed by atoms with Gasteiger partial charge in [-0.3, -0.25) is 14.9 Å². The summed E-state index contributed by atoms with van der Waals surface area (Å²) in [5, 5.41) is 7.17. The first kappa shape index (κ1) is 23.6. The summed E-state index contributed by atoms with van der Waals surface area (Å²) in [4.78, 5) is 48.9. The lowest BCUT2D eigenvalue weighted by Gasteiger charge is -2.20. The van der Waals surface area contributed by atoms with Crippen LogP contribution in [0.2, 0.25) is 0 Å². The Morgan fingerprint density at radius 1 is 0.970 bits per heavy atom. The highest BCUT2D eigenvalue weighted by Crippen LogP contribution is 2.32. The molecule has 0 saturated carbocycles. The van der Waals surface area contributed by atoms with Gasteiger partial charge in [0.05, 0.1) is 0 Å². The van der Waals surface area contributed by atoms with Crippen LogP contribution in [0, 0.1) is 5.92 Å². The average molecular weight is 455 g/mol. The van der Waals surface area contributed by atoms with Crippen molar-refractivity contribution in [2.45, 2.75) is 19.9 Å². The predicted molar refractivity (Wildman–Crippen MR) is 118 cm³/mol. The van der Waals surface area contributed by atoms with Gasteiger partial charge < -0.3 is 24.8 Å². The summed E-state index contributed by atoms with van der Waals surface area (Å²) in [6.07, 6.45) is 0. The van der Waals surface area contributed by atoms with Crippen molar-refractivity contribution in [1.29, 1.82) is 0 Å². The van der Waals surface area contributed by atoms with E-state index < -0.39 is 36.5 Å². The first-order valence-corrected chi connectivity index (χ1v) is 10.4. The van der Waals surface area contributed by atoms with E-state index in [9.17, 15) is 19.2 Å². The number of nitrogens with one attached hydrogen (secondary N) is 3. The van der Waals surface area contributed by atoms with Crippen molar-refractivity contribution in [3.63, 3.8) is 0 Å². The van der Waals surface area contributed by atoms with Gasteiger partial charge >= 0.3 is 12.0 Å². The number of imide groups is 1. The monoisotopic (exact) mass is 455 g/mol. The number of anilines is 1. The van der Waals surface area contributed by atoms with Crippen LogP contribution >= 0.6 is 0 Å². The molecule has 3 rings (SSSR count). The SMILES string of the molecule is CC(C)C(NC(=O)c1ccccc1)C(=O)OCC(=O)NC(=O)Nc1ccc2c(c1)OCCO2. The molecule has 0 bridgehead atoms. The average Bonchev–Trinajstić information content (AvgIpc) is 2.81. The molecule has 1 heterocycles. The topological polar surface area (TPSA) is 132 Å². The number of fused-ring (bicyclic) bond motifs is 1. The fraction of sp³-hybridized carbons (Fsp3) is 0.304. The third kappa shape index (κ3) is 6.70. The molecule has 0 saturated heterocycles. The van der Waals surface area contributed by atoms with Gasteiger partial charge in [-0.15, -0.1) is 0 Å². The molecule has 0 radical (unpaired) electrons. The number of carbonyl (C=O) groups excluding carboxylic acids is 4. The number of hydrogen-bond donors (Lipinski definition) is 3. The van der Waals surface area contributed by atoms with Crippen LogP contribution in [0.15, 0.2) is 48.5 Å². The summed E-state index contributed by atoms with van der Waals surface area (Å²) in [6.45, 7) is 3.63. The van der Waals surface area contributed by atoms with Gasteiger partial charge in [-0.05, 0) is 30.2 Å². The number of carbonyl (C=O) groups is 4. The Bertz CT molecular complexity index is 1020. The van der Waals surface area contributed by atoms with Crippen molar-refractivity contribution in [2.24, 2.45) is 5.92 Å². The van der Waals surface area contributed by atoms with Gasteiger partial charge in [0.15, 0.2) is 18.1 Å². The highest BCUT2D eigenvalue weighted by molar-refractivity contribution is 6.02. The van der Waals surface area contributed by atoms with Crippen molar-refractivity contribution in [3.05, 3.63) is 54.1 Å². The zero-order chi connectivity index (χ0) is 23.8. The lowest BCUT2D eigenvalue weighted by atomic mass is 10.0. The molecular formula is C23H25N3O7. The maximum Gasteiger partial charge on any atom is 0.329 e. The molecule has 1 unspecified atom stereocenters. The molecule has 0 fully saturated rings. The van der Waals surface area contributed by atoms with Crippen LogP contribution in [0.3, 0.4) is 0 Å². The quantitative estimate of drug-likeness (QED) is 0.545. The Morgan fingerprint density at radius 3 is 2.36 bits per heavy atom. The Labute approximate surface area is 190 Å². The molecule has 2 aromatic carbocycles. The Kier molecular flexibility index (Phi) is 7.85. The Hall–Kier alpha value is -4.08. The lowest BCUT2D eigenvalue weighted by molar-refractivity contribution is -0.151. The lowest BCUT2D eigenvalue weighted by Crippen LogP contribution is -2.46. The van der Waals surface area contributed by atoms with Gasteiger partial charge in [-0.1, -0.05) is 32.0 Å². The number of urea groups is 1. The number of hydrogen-bond acceptors (Lipinski definition) is 7. The van der Waals surface area contributed by atoms with Gasteiger partial charge in [-0.25, -0.2) is 9.59 Å². The summed E-state index contributed by atoms with van der Waals surface area (Å²) in [6, 6.07) is 11.5. The summed E-state index contributed by atoms with van der Waals surface area (Å²) >= 11 is 0. The van der Waals surface area contributed by atoms with Crippen molar-refractivity contribution < 1.29 is 33.4 Å². The van der Waals surface area contributed by atoms with Gasteiger partial charge in [0.25, 0.3) is 11.8 Å². The number of esters is 1. The van der Waals surface area contributed by atoms with Crippen molar-refractivity contribution in [2.75, 3.05) is 25.1 Å². The van der Waals surface area contributed by atoms with Gasteiger partial charge in [0.2, 0.25) is 0 Å². The predicted octanol–water partition coefficient (Wildman–Crippen LogP) is 2.10. The maximum atomic E-state index is 12.4. The molecule has 10 nitrogen and oxygen atoms in total. The van der Waals surface area contributed by atoms with E-state index in [2.05, 4.69) is 16.0 Å². The molecule has 0 aromatic heterocycles. The standard InChI is InChI=1S/C23H25N3O7/c1-14(2)20(26-21(28)15-6-4-3-5-7-15)22(29)33-13-19(27)25-23(30)24-16-8-9-17-18(12-16)32-11-10-31-17/h3-9,12,14,20H,10-11,13H2,1-2H3,(H,26,28)(H2,24,25,27,30). The molecule has 2 aromatic rings. The van der Waals surface area contributed by atoms with Gasteiger partial charge in [-0.2, -0.15) is 0 Å². The minimum absolute atomic E-state index is 0.285. The molecule has 1 atom stereocenters.